The van der Waals surface area contributed by atoms with E-state index in [1.165, 1.54) is 114 Å². The molecule has 9 rings (SSSR count). The van der Waals surface area contributed by atoms with Crippen molar-refractivity contribution in [3.05, 3.63) is 0 Å². The van der Waals surface area contributed by atoms with Crippen molar-refractivity contribution < 1.29 is 0 Å². The number of hydrogen-bond acceptors (Lipinski definition) is 2. The van der Waals surface area contributed by atoms with Gasteiger partial charge in [-0.15, -0.1) is 0 Å². The lowest BCUT2D eigenvalue weighted by molar-refractivity contribution is -0.0151. The zero-order valence-electron chi connectivity index (χ0n) is 21.8. The van der Waals surface area contributed by atoms with E-state index in [0.717, 1.165) is 35.5 Å². The molecular weight excluding hydrogens is 416 g/mol. The molecule has 0 radical (unpaired) electrons. The van der Waals surface area contributed by atoms with E-state index in [1.807, 2.05) is 0 Å². The Balaban J connectivity index is 0.967. The van der Waals surface area contributed by atoms with Crippen LogP contribution in [-0.4, -0.2) is 37.9 Å². The highest BCUT2D eigenvalue weighted by Crippen LogP contribution is 2.61. The third-order valence-electron chi connectivity index (χ3n) is 11.9. The van der Waals surface area contributed by atoms with Crippen LogP contribution in [0.2, 0.25) is 0 Å². The summed E-state index contributed by atoms with van der Waals surface area (Å²) >= 11 is 0. The fourth-order valence-corrected chi connectivity index (χ4v) is 11.5. The van der Waals surface area contributed by atoms with Gasteiger partial charge < -0.3 is 10.6 Å². The molecule has 34 heavy (non-hydrogen) atoms. The Morgan fingerprint density at radius 3 is 1.00 bits per heavy atom. The molecule has 2 N–H and O–H groups in total. The second kappa shape index (κ2) is 8.23. The first-order chi connectivity index (χ1) is 16.5. The maximum absolute atomic E-state index is 4.93. The predicted molar refractivity (Wildman–Crippen MR) is 140 cm³/mol. The summed E-state index contributed by atoms with van der Waals surface area (Å²) in [6.45, 7) is 0. The van der Waals surface area contributed by atoms with Crippen LogP contribution in [-0.2, 0) is 0 Å². The van der Waals surface area contributed by atoms with Crippen molar-refractivity contribution >= 4 is 11.7 Å². The van der Waals surface area contributed by atoms with Crippen molar-refractivity contribution in [2.24, 2.45) is 56.3 Å². The lowest BCUT2D eigenvalue weighted by atomic mass is 9.49. The summed E-state index contributed by atoms with van der Waals surface area (Å²) in [4.78, 5) is 9.86. The van der Waals surface area contributed by atoms with Crippen LogP contribution in [0.15, 0.2) is 9.98 Å². The highest BCUT2D eigenvalue weighted by molar-refractivity contribution is 5.89. The van der Waals surface area contributed by atoms with Crippen molar-refractivity contribution in [1.29, 1.82) is 0 Å². The Labute approximate surface area is 207 Å². The molecule has 0 atom stereocenters. The van der Waals surface area contributed by atoms with Gasteiger partial charge in [0, 0.05) is 37.0 Å². The summed E-state index contributed by atoms with van der Waals surface area (Å²) in [5.74, 6) is 8.71. The highest BCUT2D eigenvalue weighted by atomic mass is 15.1. The summed E-state index contributed by atoms with van der Waals surface area (Å²) in [5, 5.41) is 8.10. The quantitative estimate of drug-likeness (QED) is 0.398. The number of hydrogen-bond donors (Lipinski definition) is 2. The molecule has 0 unspecified atom stereocenters. The summed E-state index contributed by atoms with van der Waals surface area (Å²) in [6.07, 6.45) is 22.7. The molecule has 4 heteroatoms. The summed E-state index contributed by atoms with van der Waals surface area (Å²) in [5.41, 5.74) is 0.804. The van der Waals surface area contributed by atoms with Gasteiger partial charge in [-0.1, -0.05) is 0 Å². The van der Waals surface area contributed by atoms with Gasteiger partial charge in [0.05, 0.1) is 0 Å². The molecule has 0 aliphatic heterocycles. The van der Waals surface area contributed by atoms with Crippen LogP contribution in [0.1, 0.15) is 103 Å². The molecule has 0 aromatic heterocycles. The van der Waals surface area contributed by atoms with E-state index in [2.05, 4.69) is 24.7 Å². The molecular formula is C30H48N4. The van der Waals surface area contributed by atoms with E-state index in [9.17, 15) is 0 Å². The normalized spacial score (nSPS) is 51.7. The van der Waals surface area contributed by atoms with Gasteiger partial charge in [0.1, 0.15) is 11.7 Å². The van der Waals surface area contributed by atoms with E-state index >= 15 is 0 Å². The zero-order valence-corrected chi connectivity index (χ0v) is 21.8. The molecule has 0 spiro atoms. The Morgan fingerprint density at radius 2 is 0.765 bits per heavy atom. The van der Waals surface area contributed by atoms with Crippen molar-refractivity contribution in [2.75, 3.05) is 14.1 Å². The topological polar surface area (TPSA) is 48.8 Å². The number of nitrogens with zero attached hydrogens (tertiary/aromatic N) is 2. The average molecular weight is 465 g/mol. The van der Waals surface area contributed by atoms with Crippen LogP contribution in [0.4, 0.5) is 0 Å². The molecule has 9 aliphatic rings. The summed E-state index contributed by atoms with van der Waals surface area (Å²) in [6, 6.07) is 1.23. The number of aliphatic imine (C=N–C) groups is 2. The second-order valence-corrected chi connectivity index (χ2v) is 14.4. The molecule has 0 saturated heterocycles. The van der Waals surface area contributed by atoms with Gasteiger partial charge in [-0.2, -0.15) is 0 Å². The lowest BCUT2D eigenvalue weighted by Gasteiger charge is -2.57. The molecule has 188 valence electrons. The maximum Gasteiger partial charge on any atom is 0.102 e. The van der Waals surface area contributed by atoms with Crippen LogP contribution in [0.3, 0.4) is 0 Å². The maximum atomic E-state index is 4.93. The van der Waals surface area contributed by atoms with Gasteiger partial charge in [-0.3, -0.25) is 9.98 Å². The molecule has 8 bridgehead atoms. The van der Waals surface area contributed by atoms with Crippen LogP contribution in [0.25, 0.3) is 0 Å². The largest absolute Gasteiger partial charge is 0.371 e. The Morgan fingerprint density at radius 1 is 0.500 bits per heavy atom. The minimum atomic E-state index is 0.402. The van der Waals surface area contributed by atoms with Crippen LogP contribution >= 0.6 is 0 Å². The van der Waals surface area contributed by atoms with Gasteiger partial charge in [0.2, 0.25) is 0 Å². The molecule has 9 fully saturated rings. The van der Waals surface area contributed by atoms with E-state index < -0.39 is 0 Å². The number of nitrogens with one attached hydrogen (secondary N) is 2. The summed E-state index contributed by atoms with van der Waals surface area (Å²) < 4.78 is 0. The van der Waals surface area contributed by atoms with Gasteiger partial charge in [-0.05, 0) is 138 Å². The fourth-order valence-electron chi connectivity index (χ4n) is 11.5. The zero-order chi connectivity index (χ0) is 22.9. The summed E-state index contributed by atoms with van der Waals surface area (Å²) in [7, 11) is 4.12. The first-order valence-corrected chi connectivity index (χ1v) is 15.0. The molecule has 9 aliphatic carbocycles. The van der Waals surface area contributed by atoms with E-state index in [4.69, 9.17) is 9.98 Å². The average Bonchev–Trinajstić information content (AvgIpc) is 2.80. The first-order valence-electron chi connectivity index (χ1n) is 15.0. The van der Waals surface area contributed by atoms with E-state index in [-0.39, 0.29) is 0 Å². The Bertz CT molecular complexity index is 707. The van der Waals surface area contributed by atoms with Crippen LogP contribution in [0, 0.1) is 46.3 Å². The first kappa shape index (κ1) is 22.2. The fraction of sp³-hybridized carbons (Fsp3) is 0.933. The minimum Gasteiger partial charge on any atom is -0.371 e. The van der Waals surface area contributed by atoms with Crippen molar-refractivity contribution in [1.82, 2.24) is 10.6 Å². The van der Waals surface area contributed by atoms with Crippen molar-refractivity contribution in [3.63, 3.8) is 0 Å². The van der Waals surface area contributed by atoms with Gasteiger partial charge in [-0.25, -0.2) is 0 Å². The highest BCUT2D eigenvalue weighted by Gasteiger charge is 2.55. The third-order valence-corrected chi connectivity index (χ3v) is 11.9. The van der Waals surface area contributed by atoms with Crippen molar-refractivity contribution in [2.45, 2.75) is 115 Å². The molecule has 0 aromatic rings. The monoisotopic (exact) mass is 464 g/mol. The standard InChI is InChI=1S/C30H48N4/c1-31-27(29-13-19-7-20(14-29)9-21(8-19)15-29)33-25-3-5-26(6-4-25)34-28(32-2)30-16-22-10-23(17-30)12-24(11-22)18-30/h19-26H,3-18H2,1-2H3,(H,31,33)(H,32,34). The lowest BCUT2D eigenvalue weighted by Crippen LogP contribution is -2.57. The van der Waals surface area contributed by atoms with Gasteiger partial charge in [0.15, 0.2) is 0 Å². The molecule has 0 heterocycles. The smallest absolute Gasteiger partial charge is 0.102 e. The minimum absolute atomic E-state index is 0.402. The van der Waals surface area contributed by atoms with E-state index in [0.29, 0.717) is 22.9 Å². The SMILES string of the molecule is CN=C(NC1CCC(NC(=NC)C23CC4CC(CC(C4)C2)C3)CC1)C12CC3CC(CC(C3)C1)C2. The van der Waals surface area contributed by atoms with Gasteiger partial charge in [0.25, 0.3) is 0 Å². The number of amidine groups is 2. The molecule has 4 nitrogen and oxygen atoms in total. The van der Waals surface area contributed by atoms with Crippen molar-refractivity contribution in [3.8, 4) is 0 Å². The second-order valence-electron chi connectivity index (χ2n) is 14.4. The predicted octanol–water partition coefficient (Wildman–Crippen LogP) is 5.97. The number of rotatable bonds is 4. The molecule has 9 saturated carbocycles. The Hall–Kier alpha value is -1.06. The Kier molecular flexibility index (Phi) is 5.37. The van der Waals surface area contributed by atoms with E-state index in [1.54, 1.807) is 0 Å². The van der Waals surface area contributed by atoms with Crippen LogP contribution < -0.4 is 10.6 Å². The van der Waals surface area contributed by atoms with Gasteiger partial charge >= 0.3 is 0 Å². The van der Waals surface area contributed by atoms with Crippen LogP contribution in [0.5, 0.6) is 0 Å². The molecule has 0 amide bonds. The third kappa shape index (κ3) is 3.67. The molecule has 0 aromatic carbocycles.